The van der Waals surface area contributed by atoms with Crippen LogP contribution < -0.4 is 10.9 Å². The van der Waals surface area contributed by atoms with Gasteiger partial charge in [0.05, 0.1) is 16.0 Å². The molecule has 1 aromatic carbocycles. The van der Waals surface area contributed by atoms with Gasteiger partial charge in [-0.15, -0.1) is 21.5 Å². The number of carbonyl (C=O) groups excluding carboxylic acids is 1. The smallest absolute Gasteiger partial charge is 0.266 e. The number of carbonyl (C=O) groups is 1. The molecule has 1 amide bonds. The Morgan fingerprint density at radius 3 is 2.88 bits per heavy atom. The number of aromatic nitrogens is 5. The second-order valence-corrected chi connectivity index (χ2v) is 10.6. The van der Waals surface area contributed by atoms with Crippen molar-refractivity contribution in [3.8, 4) is 0 Å². The SMILES string of the molecule is Cc1ccc(NC(=O)c2sc3nc(CSc4nnc5n4CCCCC5)[nH]c(=O)c3c2C)c(C)c1. The first-order chi connectivity index (χ1) is 16.4. The Bertz CT molecular complexity index is 1450. The van der Waals surface area contributed by atoms with Gasteiger partial charge in [-0.05, 0) is 50.8 Å². The first-order valence-electron chi connectivity index (χ1n) is 11.4. The molecule has 0 saturated carbocycles. The van der Waals surface area contributed by atoms with E-state index in [1.165, 1.54) is 29.5 Å². The summed E-state index contributed by atoms with van der Waals surface area (Å²) >= 11 is 2.78. The second-order valence-electron chi connectivity index (χ2n) is 8.67. The van der Waals surface area contributed by atoms with Crippen LogP contribution in [-0.2, 0) is 18.7 Å². The number of rotatable bonds is 5. The number of aryl methyl sites for hydroxylation is 4. The van der Waals surface area contributed by atoms with Crippen LogP contribution in [-0.4, -0.2) is 30.6 Å². The lowest BCUT2D eigenvalue weighted by Crippen LogP contribution is -2.14. The van der Waals surface area contributed by atoms with Crippen molar-refractivity contribution in [2.75, 3.05) is 5.32 Å². The van der Waals surface area contributed by atoms with Gasteiger partial charge in [-0.2, -0.15) is 0 Å². The van der Waals surface area contributed by atoms with E-state index in [1.807, 2.05) is 32.0 Å². The number of thiophene rings is 1. The molecule has 0 bridgehead atoms. The van der Waals surface area contributed by atoms with Crippen molar-refractivity contribution in [3.63, 3.8) is 0 Å². The summed E-state index contributed by atoms with van der Waals surface area (Å²) in [7, 11) is 0. The fourth-order valence-electron chi connectivity index (χ4n) is 4.30. The lowest BCUT2D eigenvalue weighted by molar-refractivity contribution is 0.103. The van der Waals surface area contributed by atoms with Crippen molar-refractivity contribution in [3.05, 3.63) is 61.8 Å². The molecule has 0 aliphatic carbocycles. The molecule has 5 rings (SSSR count). The third kappa shape index (κ3) is 4.39. The maximum Gasteiger partial charge on any atom is 0.266 e. The van der Waals surface area contributed by atoms with E-state index in [-0.39, 0.29) is 11.5 Å². The molecule has 0 fully saturated rings. The highest BCUT2D eigenvalue weighted by Crippen LogP contribution is 2.30. The maximum atomic E-state index is 13.0. The number of hydrogen-bond acceptors (Lipinski definition) is 7. The van der Waals surface area contributed by atoms with Crippen LogP contribution >= 0.6 is 23.1 Å². The molecule has 8 nitrogen and oxygen atoms in total. The fourth-order valence-corrected chi connectivity index (χ4v) is 6.25. The standard InChI is InChI=1S/C24H26N6O2S2/c1-13-8-9-16(14(2)11-13)25-22(32)20-15(3)19-21(31)26-17(27-23(19)34-20)12-33-24-29-28-18-7-5-4-6-10-30(18)24/h8-9,11H,4-7,10,12H2,1-3H3,(H,25,32)(H,26,27,31). The van der Waals surface area contributed by atoms with Crippen LogP contribution in [0.3, 0.4) is 0 Å². The molecule has 0 saturated heterocycles. The quantitative estimate of drug-likeness (QED) is 0.387. The molecule has 0 spiro atoms. The average Bonchev–Trinajstić information content (AvgIpc) is 3.25. The Kier molecular flexibility index (Phi) is 6.26. The number of fused-ring (bicyclic) bond motifs is 2. The number of thioether (sulfide) groups is 1. The van der Waals surface area contributed by atoms with Crippen molar-refractivity contribution in [1.82, 2.24) is 24.7 Å². The highest BCUT2D eigenvalue weighted by atomic mass is 32.2. The molecule has 3 aromatic heterocycles. The summed E-state index contributed by atoms with van der Waals surface area (Å²) in [6.45, 7) is 6.70. The number of H-pyrrole nitrogens is 1. The number of anilines is 1. The molecule has 4 aromatic rings. The molecule has 2 N–H and O–H groups in total. The van der Waals surface area contributed by atoms with E-state index in [4.69, 9.17) is 0 Å². The van der Waals surface area contributed by atoms with Gasteiger partial charge in [0.25, 0.3) is 11.5 Å². The lowest BCUT2D eigenvalue weighted by Gasteiger charge is -2.08. The maximum absolute atomic E-state index is 13.0. The molecular formula is C24H26N6O2S2. The predicted octanol–water partition coefficient (Wildman–Crippen LogP) is 4.77. The number of aromatic amines is 1. The average molecular weight is 495 g/mol. The van der Waals surface area contributed by atoms with Crippen molar-refractivity contribution in [1.29, 1.82) is 0 Å². The van der Waals surface area contributed by atoms with Gasteiger partial charge >= 0.3 is 0 Å². The Morgan fingerprint density at radius 1 is 1.21 bits per heavy atom. The van der Waals surface area contributed by atoms with E-state index < -0.39 is 0 Å². The summed E-state index contributed by atoms with van der Waals surface area (Å²) in [4.78, 5) is 34.5. The van der Waals surface area contributed by atoms with E-state index >= 15 is 0 Å². The zero-order valence-electron chi connectivity index (χ0n) is 19.4. The van der Waals surface area contributed by atoms with E-state index in [0.29, 0.717) is 32.2 Å². The Labute approximate surface area is 205 Å². The van der Waals surface area contributed by atoms with Crippen molar-refractivity contribution >= 4 is 44.9 Å². The molecule has 34 heavy (non-hydrogen) atoms. The Balaban J connectivity index is 1.38. The van der Waals surface area contributed by atoms with Crippen LogP contribution in [0.25, 0.3) is 10.2 Å². The molecule has 1 aliphatic rings. The number of benzene rings is 1. The summed E-state index contributed by atoms with van der Waals surface area (Å²) in [6.07, 6.45) is 4.43. The number of nitrogens with zero attached hydrogens (tertiary/aromatic N) is 4. The molecule has 176 valence electrons. The molecule has 1 aliphatic heterocycles. The minimum atomic E-state index is -0.228. The molecule has 0 unspecified atom stereocenters. The van der Waals surface area contributed by atoms with Gasteiger partial charge in [0.15, 0.2) is 5.16 Å². The third-order valence-electron chi connectivity index (χ3n) is 6.10. The minimum Gasteiger partial charge on any atom is -0.321 e. The van der Waals surface area contributed by atoms with Crippen molar-refractivity contribution in [2.45, 2.75) is 63.9 Å². The second kappa shape index (κ2) is 9.34. The summed E-state index contributed by atoms with van der Waals surface area (Å²) in [5.41, 5.74) is 3.32. The fraction of sp³-hybridized carbons (Fsp3) is 0.375. The highest BCUT2D eigenvalue weighted by molar-refractivity contribution is 7.98. The zero-order chi connectivity index (χ0) is 23.8. The van der Waals surface area contributed by atoms with Crippen molar-refractivity contribution in [2.24, 2.45) is 0 Å². The molecule has 10 heteroatoms. The normalized spacial score (nSPS) is 13.6. The first kappa shape index (κ1) is 22.8. The van der Waals surface area contributed by atoms with Gasteiger partial charge in [-0.1, -0.05) is 35.9 Å². The monoisotopic (exact) mass is 494 g/mol. The van der Waals surface area contributed by atoms with E-state index in [1.54, 1.807) is 6.92 Å². The Morgan fingerprint density at radius 2 is 2.06 bits per heavy atom. The third-order valence-corrected chi connectivity index (χ3v) is 8.26. The van der Waals surface area contributed by atoms with Crippen LogP contribution in [0.1, 0.15) is 57.3 Å². The van der Waals surface area contributed by atoms with Crippen molar-refractivity contribution < 1.29 is 4.79 Å². The van der Waals surface area contributed by atoms with Gasteiger partial charge in [0.2, 0.25) is 0 Å². The minimum absolute atomic E-state index is 0.222. The summed E-state index contributed by atoms with van der Waals surface area (Å²) in [5, 5.41) is 13.0. The zero-order valence-corrected chi connectivity index (χ0v) is 21.0. The lowest BCUT2D eigenvalue weighted by atomic mass is 10.1. The number of nitrogens with one attached hydrogen (secondary N) is 2. The Hall–Kier alpha value is -2.98. The first-order valence-corrected chi connectivity index (χ1v) is 13.2. The molecule has 4 heterocycles. The topological polar surface area (TPSA) is 106 Å². The van der Waals surface area contributed by atoms with Crippen LogP contribution in [0.4, 0.5) is 5.69 Å². The predicted molar refractivity (Wildman–Crippen MR) is 136 cm³/mol. The van der Waals surface area contributed by atoms with Gasteiger partial charge in [-0.3, -0.25) is 9.59 Å². The van der Waals surface area contributed by atoms with E-state index in [0.717, 1.165) is 53.6 Å². The molecule has 0 atom stereocenters. The van der Waals surface area contributed by atoms with Gasteiger partial charge in [0, 0.05) is 18.7 Å². The number of hydrogen-bond donors (Lipinski definition) is 2. The highest BCUT2D eigenvalue weighted by Gasteiger charge is 2.21. The summed E-state index contributed by atoms with van der Waals surface area (Å²) in [6, 6.07) is 5.89. The van der Waals surface area contributed by atoms with E-state index in [9.17, 15) is 9.59 Å². The van der Waals surface area contributed by atoms with Gasteiger partial charge in [0.1, 0.15) is 16.5 Å². The van der Waals surface area contributed by atoms with Crippen LogP contribution in [0.15, 0.2) is 28.2 Å². The van der Waals surface area contributed by atoms with Crippen LogP contribution in [0.2, 0.25) is 0 Å². The molecular weight excluding hydrogens is 468 g/mol. The molecule has 0 radical (unpaired) electrons. The summed E-state index contributed by atoms with van der Waals surface area (Å²) in [5.74, 6) is 1.85. The van der Waals surface area contributed by atoms with E-state index in [2.05, 4.69) is 30.0 Å². The largest absolute Gasteiger partial charge is 0.321 e. The van der Waals surface area contributed by atoms with Gasteiger partial charge in [-0.25, -0.2) is 4.98 Å². The number of amides is 1. The summed E-state index contributed by atoms with van der Waals surface area (Å²) < 4.78 is 2.18. The van der Waals surface area contributed by atoms with Gasteiger partial charge < -0.3 is 14.9 Å². The van der Waals surface area contributed by atoms with Crippen LogP contribution in [0.5, 0.6) is 0 Å². The van der Waals surface area contributed by atoms with Crippen LogP contribution in [0, 0.1) is 20.8 Å².